The van der Waals surface area contributed by atoms with Crippen molar-refractivity contribution in [2.45, 2.75) is 51.5 Å². The Labute approximate surface area is 126 Å². The minimum Gasteiger partial charge on any atom is -0.360 e. The van der Waals surface area contributed by atoms with Gasteiger partial charge in [0.25, 0.3) is 0 Å². The first-order chi connectivity index (χ1) is 9.81. The van der Waals surface area contributed by atoms with Crippen LogP contribution in [-0.2, 0) is 10.0 Å². The van der Waals surface area contributed by atoms with E-state index in [0.29, 0.717) is 23.9 Å². The largest absolute Gasteiger partial charge is 0.360 e. The van der Waals surface area contributed by atoms with Crippen molar-refractivity contribution in [2.75, 3.05) is 19.6 Å². The Kier molecular flexibility index (Phi) is 5.06. The van der Waals surface area contributed by atoms with Crippen LogP contribution in [0, 0.1) is 19.8 Å². The zero-order valence-corrected chi connectivity index (χ0v) is 14.0. The summed E-state index contributed by atoms with van der Waals surface area (Å²) in [6.45, 7) is 10.0. The number of aryl methyl sites for hydroxylation is 2. The summed E-state index contributed by atoms with van der Waals surface area (Å²) in [6.07, 6.45) is 2.44. The highest BCUT2D eigenvalue weighted by atomic mass is 32.2. The molecule has 21 heavy (non-hydrogen) atoms. The maximum Gasteiger partial charge on any atom is 0.246 e. The first-order valence-electron chi connectivity index (χ1n) is 7.48. The number of piperidine rings is 1. The van der Waals surface area contributed by atoms with Crippen LogP contribution in [0.2, 0.25) is 0 Å². The van der Waals surface area contributed by atoms with E-state index in [0.717, 1.165) is 13.1 Å². The van der Waals surface area contributed by atoms with Gasteiger partial charge in [-0.1, -0.05) is 12.1 Å². The summed E-state index contributed by atoms with van der Waals surface area (Å²) in [5, 5.41) is 3.70. The second kappa shape index (κ2) is 6.46. The molecular weight excluding hydrogens is 290 g/mol. The summed E-state index contributed by atoms with van der Waals surface area (Å²) in [5.74, 6) is 1.01. The third-order valence-electron chi connectivity index (χ3n) is 4.12. The molecule has 1 fully saturated rings. The Bertz CT molecular complexity index is 563. The zero-order valence-electron chi connectivity index (χ0n) is 13.2. The third kappa shape index (κ3) is 3.84. The van der Waals surface area contributed by atoms with E-state index in [1.165, 1.54) is 12.8 Å². The summed E-state index contributed by atoms with van der Waals surface area (Å²) < 4.78 is 32.3. The van der Waals surface area contributed by atoms with Crippen LogP contribution in [-0.4, -0.2) is 44.2 Å². The van der Waals surface area contributed by atoms with Gasteiger partial charge in [0.05, 0.1) is 0 Å². The summed E-state index contributed by atoms with van der Waals surface area (Å²) >= 11 is 0. The van der Waals surface area contributed by atoms with Crippen molar-refractivity contribution < 1.29 is 12.9 Å². The number of sulfonamides is 1. The summed E-state index contributed by atoms with van der Waals surface area (Å²) in [5.41, 5.74) is 0.402. The van der Waals surface area contributed by atoms with Gasteiger partial charge < -0.3 is 4.52 Å². The topological polar surface area (TPSA) is 75.4 Å². The van der Waals surface area contributed by atoms with Gasteiger partial charge in [-0.15, -0.1) is 0 Å². The van der Waals surface area contributed by atoms with E-state index in [9.17, 15) is 8.42 Å². The fourth-order valence-corrected chi connectivity index (χ4v) is 4.36. The van der Waals surface area contributed by atoms with E-state index in [1.54, 1.807) is 13.8 Å². The van der Waals surface area contributed by atoms with E-state index in [4.69, 9.17) is 4.52 Å². The van der Waals surface area contributed by atoms with Gasteiger partial charge in [0.2, 0.25) is 10.0 Å². The molecule has 0 radical (unpaired) electrons. The lowest BCUT2D eigenvalue weighted by molar-refractivity contribution is 0.140. The highest BCUT2D eigenvalue weighted by molar-refractivity contribution is 7.89. The first-order valence-corrected chi connectivity index (χ1v) is 8.96. The molecule has 0 aromatic carbocycles. The molecule has 7 heteroatoms. The quantitative estimate of drug-likeness (QED) is 0.895. The van der Waals surface area contributed by atoms with Gasteiger partial charge in [0, 0.05) is 19.1 Å². The van der Waals surface area contributed by atoms with E-state index < -0.39 is 10.0 Å². The lowest BCUT2D eigenvalue weighted by Gasteiger charge is -2.35. The van der Waals surface area contributed by atoms with Crippen LogP contribution in [0.25, 0.3) is 0 Å². The normalized spacial score (nSPS) is 22.4. The van der Waals surface area contributed by atoms with Gasteiger partial charge in [0.15, 0.2) is 5.76 Å². The number of nitrogens with zero attached hydrogens (tertiary/aromatic N) is 2. The highest BCUT2D eigenvalue weighted by Crippen LogP contribution is 2.20. The molecule has 2 rings (SSSR count). The molecule has 2 heterocycles. The minimum atomic E-state index is -3.56. The maximum absolute atomic E-state index is 12.4. The van der Waals surface area contributed by atoms with Crippen molar-refractivity contribution in [3.63, 3.8) is 0 Å². The monoisotopic (exact) mass is 315 g/mol. The molecule has 1 aliphatic rings. The van der Waals surface area contributed by atoms with Crippen LogP contribution < -0.4 is 4.72 Å². The molecule has 2 unspecified atom stereocenters. The molecule has 1 aliphatic heterocycles. The molecule has 0 spiro atoms. The molecule has 0 amide bonds. The summed E-state index contributed by atoms with van der Waals surface area (Å²) in [6, 6.07) is 0.183. The molecule has 1 saturated heterocycles. The molecule has 1 aromatic heterocycles. The van der Waals surface area contributed by atoms with Crippen molar-refractivity contribution in [1.29, 1.82) is 0 Å². The summed E-state index contributed by atoms with van der Waals surface area (Å²) in [7, 11) is -3.56. The van der Waals surface area contributed by atoms with Gasteiger partial charge in [-0.2, -0.15) is 0 Å². The minimum absolute atomic E-state index is 0.168. The van der Waals surface area contributed by atoms with Crippen molar-refractivity contribution in [1.82, 2.24) is 14.8 Å². The molecule has 0 bridgehead atoms. The van der Waals surface area contributed by atoms with Crippen molar-refractivity contribution in [3.8, 4) is 0 Å². The van der Waals surface area contributed by atoms with Crippen LogP contribution in [0.5, 0.6) is 0 Å². The number of hydrogen-bond donors (Lipinski definition) is 1. The van der Waals surface area contributed by atoms with Crippen LogP contribution in [0.3, 0.4) is 0 Å². The van der Waals surface area contributed by atoms with E-state index in [2.05, 4.69) is 28.6 Å². The smallest absolute Gasteiger partial charge is 0.246 e. The molecule has 2 atom stereocenters. The van der Waals surface area contributed by atoms with Crippen molar-refractivity contribution in [3.05, 3.63) is 11.5 Å². The van der Waals surface area contributed by atoms with Crippen LogP contribution >= 0.6 is 0 Å². The second-order valence-corrected chi connectivity index (χ2v) is 7.80. The lowest BCUT2D eigenvalue weighted by atomic mass is 9.99. The van der Waals surface area contributed by atoms with E-state index >= 15 is 0 Å². The van der Waals surface area contributed by atoms with Crippen molar-refractivity contribution >= 4 is 10.0 Å². The third-order valence-corrected chi connectivity index (χ3v) is 5.78. The Morgan fingerprint density at radius 1 is 1.48 bits per heavy atom. The average molecular weight is 315 g/mol. The fraction of sp³-hybridized carbons (Fsp3) is 0.786. The number of aromatic nitrogens is 1. The van der Waals surface area contributed by atoms with Crippen LogP contribution in [0.15, 0.2) is 9.42 Å². The number of likely N-dealkylation sites (tertiary alicyclic amines) is 1. The molecule has 1 N–H and O–H groups in total. The highest BCUT2D eigenvalue weighted by Gasteiger charge is 2.26. The van der Waals surface area contributed by atoms with Gasteiger partial charge in [0.1, 0.15) is 10.6 Å². The van der Waals surface area contributed by atoms with Gasteiger partial charge in [-0.05, 0) is 46.1 Å². The lowest BCUT2D eigenvalue weighted by Crippen LogP contribution is -2.46. The predicted octanol–water partition coefficient (Wildman–Crippen LogP) is 1.69. The van der Waals surface area contributed by atoms with Crippen LogP contribution in [0.4, 0.5) is 0 Å². The average Bonchev–Trinajstić information content (AvgIpc) is 2.76. The first kappa shape index (κ1) is 16.5. The number of nitrogens with one attached hydrogen (secondary N) is 1. The van der Waals surface area contributed by atoms with Gasteiger partial charge in [-0.25, -0.2) is 13.1 Å². The number of rotatable bonds is 5. The molecule has 1 aromatic rings. The predicted molar refractivity (Wildman–Crippen MR) is 80.6 cm³/mol. The molecule has 120 valence electrons. The Morgan fingerprint density at radius 3 is 2.76 bits per heavy atom. The Morgan fingerprint density at radius 2 is 2.19 bits per heavy atom. The second-order valence-electron chi connectivity index (χ2n) is 6.10. The van der Waals surface area contributed by atoms with Crippen molar-refractivity contribution in [2.24, 2.45) is 5.92 Å². The maximum atomic E-state index is 12.4. The molecule has 6 nitrogen and oxygen atoms in total. The van der Waals surface area contributed by atoms with E-state index in [-0.39, 0.29) is 10.9 Å². The number of hydrogen-bond acceptors (Lipinski definition) is 5. The van der Waals surface area contributed by atoms with Gasteiger partial charge >= 0.3 is 0 Å². The van der Waals surface area contributed by atoms with Gasteiger partial charge in [-0.3, -0.25) is 4.90 Å². The molecule has 0 saturated carbocycles. The SMILES string of the molecule is Cc1noc(C)c1S(=O)(=O)NCC(C)N1CCCC(C)C1. The van der Waals surface area contributed by atoms with E-state index in [1.807, 2.05) is 0 Å². The standard InChI is InChI=1S/C14H25N3O3S/c1-10-6-5-7-17(9-10)11(2)8-15-21(18,19)14-12(3)16-20-13(14)4/h10-11,15H,5-9H2,1-4H3. The molecule has 0 aliphatic carbocycles. The summed E-state index contributed by atoms with van der Waals surface area (Å²) in [4.78, 5) is 2.52. The molecular formula is C14H25N3O3S. The van der Waals surface area contributed by atoms with Crippen LogP contribution in [0.1, 0.15) is 38.1 Å². The Balaban J connectivity index is 1.98. The Hall–Kier alpha value is -0.920. The zero-order chi connectivity index (χ0) is 15.6. The fourth-order valence-electron chi connectivity index (χ4n) is 2.92.